The molecule has 1 aromatic rings. The van der Waals surface area contributed by atoms with Crippen molar-refractivity contribution in [3.05, 3.63) is 29.8 Å². The van der Waals surface area contributed by atoms with Crippen molar-refractivity contribution >= 4 is 41.7 Å². The molecular weight excluding hydrogens is 530 g/mol. The second-order valence-electron chi connectivity index (χ2n) is 6.82. The van der Waals surface area contributed by atoms with Crippen molar-refractivity contribution in [3.8, 4) is 5.75 Å². The number of hydrogen-bond donors (Lipinski definition) is 2. The van der Waals surface area contributed by atoms with Gasteiger partial charge in [0.05, 0.1) is 6.54 Å². The molecule has 0 amide bonds. The number of hydrogen-bond acceptors (Lipinski definition) is 4. The third-order valence-electron chi connectivity index (χ3n) is 4.52. The number of alkyl halides is 3. The van der Waals surface area contributed by atoms with Crippen LogP contribution >= 0.6 is 35.7 Å². The highest BCUT2D eigenvalue weighted by molar-refractivity contribution is 14.0. The van der Waals surface area contributed by atoms with Crippen molar-refractivity contribution in [1.82, 2.24) is 10.6 Å². The lowest BCUT2D eigenvalue weighted by Crippen LogP contribution is -2.48. The minimum absolute atomic E-state index is 0. The van der Waals surface area contributed by atoms with Crippen LogP contribution in [0.15, 0.2) is 29.3 Å². The number of guanidine groups is 1. The summed E-state index contributed by atoms with van der Waals surface area (Å²) >= 11 is 1.96. The van der Waals surface area contributed by atoms with Gasteiger partial charge in [0.15, 0.2) is 12.6 Å². The molecule has 30 heavy (non-hydrogen) atoms. The van der Waals surface area contributed by atoms with E-state index in [1.807, 2.05) is 18.7 Å². The standard InChI is InChI=1S/C20H30F3N3O2S.HI/c1-3-24-18(26-14-19(29-4-2)9-11-27-12-10-19)25-13-16-5-7-17(8-6-16)28-15-20(21,22)23;/h5-8H,3-4,9-15H2,1-2H3,(H2,24,25,26);1H. The van der Waals surface area contributed by atoms with Crippen molar-refractivity contribution in [2.45, 2.75) is 44.2 Å². The molecule has 1 fully saturated rings. The van der Waals surface area contributed by atoms with Gasteiger partial charge in [-0.1, -0.05) is 19.1 Å². The van der Waals surface area contributed by atoms with E-state index in [4.69, 9.17) is 9.47 Å². The molecule has 0 aromatic heterocycles. The second kappa shape index (κ2) is 13.5. The molecule has 10 heteroatoms. The maximum absolute atomic E-state index is 12.2. The first-order valence-corrected chi connectivity index (χ1v) is 10.9. The SMILES string of the molecule is CCNC(=NCc1ccc(OCC(F)(F)F)cc1)NCC1(SCC)CCOCC1.I. The van der Waals surface area contributed by atoms with Gasteiger partial charge in [0.1, 0.15) is 5.75 Å². The topological polar surface area (TPSA) is 54.9 Å². The Kier molecular flexibility index (Phi) is 12.2. The van der Waals surface area contributed by atoms with E-state index < -0.39 is 12.8 Å². The highest BCUT2D eigenvalue weighted by atomic mass is 127. The third kappa shape index (κ3) is 9.95. The number of nitrogens with one attached hydrogen (secondary N) is 2. The molecule has 1 aromatic carbocycles. The first-order valence-electron chi connectivity index (χ1n) is 9.88. The van der Waals surface area contributed by atoms with E-state index in [0.717, 1.165) is 56.4 Å². The van der Waals surface area contributed by atoms with E-state index in [2.05, 4.69) is 22.5 Å². The van der Waals surface area contributed by atoms with E-state index in [0.29, 0.717) is 6.54 Å². The predicted octanol–water partition coefficient (Wildman–Crippen LogP) is 4.60. The summed E-state index contributed by atoms with van der Waals surface area (Å²) in [5.74, 6) is 1.98. The Hall–Kier alpha value is -0.880. The normalized spacial score (nSPS) is 16.5. The summed E-state index contributed by atoms with van der Waals surface area (Å²) in [6.07, 6.45) is -2.32. The first kappa shape index (κ1) is 27.2. The fourth-order valence-electron chi connectivity index (χ4n) is 3.03. The molecule has 172 valence electrons. The zero-order valence-electron chi connectivity index (χ0n) is 17.4. The summed E-state index contributed by atoms with van der Waals surface area (Å²) in [4.78, 5) is 4.61. The van der Waals surface area contributed by atoms with Gasteiger partial charge in [0.25, 0.3) is 0 Å². The molecule has 1 aliphatic heterocycles. The molecule has 0 radical (unpaired) electrons. The van der Waals surface area contributed by atoms with Gasteiger partial charge in [-0.3, -0.25) is 0 Å². The van der Waals surface area contributed by atoms with Crippen LogP contribution in [0.2, 0.25) is 0 Å². The summed E-state index contributed by atoms with van der Waals surface area (Å²) in [7, 11) is 0. The molecule has 0 unspecified atom stereocenters. The van der Waals surface area contributed by atoms with Crippen LogP contribution < -0.4 is 15.4 Å². The molecule has 0 saturated carbocycles. The Morgan fingerprint density at radius 1 is 1.17 bits per heavy atom. The van der Waals surface area contributed by atoms with Crippen molar-refractivity contribution in [3.63, 3.8) is 0 Å². The van der Waals surface area contributed by atoms with Gasteiger partial charge in [-0.2, -0.15) is 24.9 Å². The second-order valence-corrected chi connectivity index (χ2v) is 8.56. The maximum Gasteiger partial charge on any atom is 0.422 e. The molecule has 5 nitrogen and oxygen atoms in total. The molecule has 1 heterocycles. The van der Waals surface area contributed by atoms with Crippen LogP contribution in [0.3, 0.4) is 0 Å². The fraction of sp³-hybridized carbons (Fsp3) is 0.650. The molecule has 1 aliphatic rings. The highest BCUT2D eigenvalue weighted by Gasteiger charge is 2.32. The number of nitrogens with zero attached hydrogens (tertiary/aromatic N) is 1. The maximum atomic E-state index is 12.2. The van der Waals surface area contributed by atoms with Gasteiger partial charge in [-0.05, 0) is 43.2 Å². The molecule has 0 atom stereocenters. The van der Waals surface area contributed by atoms with Crippen LogP contribution in [0, 0.1) is 0 Å². The van der Waals surface area contributed by atoms with Crippen LogP contribution in [-0.2, 0) is 11.3 Å². The van der Waals surface area contributed by atoms with E-state index in [9.17, 15) is 13.2 Å². The van der Waals surface area contributed by atoms with Crippen LogP contribution in [0.4, 0.5) is 13.2 Å². The number of thioether (sulfide) groups is 1. The molecule has 0 aliphatic carbocycles. The Morgan fingerprint density at radius 3 is 2.40 bits per heavy atom. The molecule has 2 N–H and O–H groups in total. The van der Waals surface area contributed by atoms with Crippen molar-refractivity contribution in [2.75, 3.05) is 38.7 Å². The lowest BCUT2D eigenvalue weighted by molar-refractivity contribution is -0.153. The summed E-state index contributed by atoms with van der Waals surface area (Å²) in [6.45, 7) is 6.43. The van der Waals surface area contributed by atoms with Gasteiger partial charge in [0.2, 0.25) is 0 Å². The van der Waals surface area contributed by atoms with Crippen molar-refractivity contribution < 1.29 is 22.6 Å². The van der Waals surface area contributed by atoms with E-state index >= 15 is 0 Å². The average molecular weight is 561 g/mol. The zero-order valence-corrected chi connectivity index (χ0v) is 20.5. The van der Waals surface area contributed by atoms with Gasteiger partial charge in [-0.25, -0.2) is 4.99 Å². The number of benzene rings is 1. The Morgan fingerprint density at radius 2 is 1.83 bits per heavy atom. The third-order valence-corrected chi connectivity index (χ3v) is 5.98. The summed E-state index contributed by atoms with van der Waals surface area (Å²) in [6, 6.07) is 6.52. The van der Waals surface area contributed by atoms with Crippen LogP contribution in [0.5, 0.6) is 5.75 Å². The zero-order chi connectivity index (χ0) is 21.2. The van der Waals surface area contributed by atoms with Gasteiger partial charge >= 0.3 is 6.18 Å². The van der Waals surface area contributed by atoms with E-state index in [1.165, 1.54) is 12.1 Å². The molecule has 2 rings (SSSR count). The lowest BCUT2D eigenvalue weighted by Gasteiger charge is -2.37. The number of halogens is 4. The summed E-state index contributed by atoms with van der Waals surface area (Å²) in [5.41, 5.74) is 0.894. The monoisotopic (exact) mass is 561 g/mol. The lowest BCUT2D eigenvalue weighted by atomic mass is 9.99. The average Bonchev–Trinajstić information content (AvgIpc) is 2.70. The quantitative estimate of drug-likeness (QED) is 0.262. The Bertz CT molecular complexity index is 634. The first-order chi connectivity index (χ1) is 13.9. The van der Waals surface area contributed by atoms with Crippen molar-refractivity contribution in [2.24, 2.45) is 4.99 Å². The number of aliphatic imine (C=N–C) groups is 1. The van der Waals surface area contributed by atoms with Gasteiger partial charge in [-0.15, -0.1) is 24.0 Å². The minimum Gasteiger partial charge on any atom is -0.484 e. The van der Waals surface area contributed by atoms with Crippen LogP contribution in [0.1, 0.15) is 32.3 Å². The molecular formula is C20H31F3IN3O2S. The number of ether oxygens (including phenoxy) is 2. The largest absolute Gasteiger partial charge is 0.484 e. The molecule has 1 saturated heterocycles. The predicted molar refractivity (Wildman–Crippen MR) is 127 cm³/mol. The number of rotatable bonds is 9. The van der Waals surface area contributed by atoms with Crippen molar-refractivity contribution in [1.29, 1.82) is 0 Å². The van der Waals surface area contributed by atoms with Crippen LogP contribution in [0.25, 0.3) is 0 Å². The smallest absolute Gasteiger partial charge is 0.422 e. The fourth-order valence-corrected chi connectivity index (χ4v) is 4.28. The van der Waals surface area contributed by atoms with E-state index in [1.54, 1.807) is 12.1 Å². The van der Waals surface area contributed by atoms with Gasteiger partial charge in [0, 0.05) is 31.1 Å². The summed E-state index contributed by atoms with van der Waals surface area (Å²) < 4.78 is 47.1. The van der Waals surface area contributed by atoms with Crippen LogP contribution in [-0.4, -0.2) is 55.5 Å². The Balaban J connectivity index is 0.00000450. The Labute approximate surface area is 198 Å². The molecule has 0 spiro atoms. The van der Waals surface area contributed by atoms with E-state index in [-0.39, 0.29) is 34.5 Å². The summed E-state index contributed by atoms with van der Waals surface area (Å²) in [5, 5.41) is 6.70. The minimum atomic E-state index is -4.34. The van der Waals surface area contributed by atoms with Gasteiger partial charge < -0.3 is 20.1 Å². The highest BCUT2D eigenvalue weighted by Crippen LogP contribution is 2.34. The molecule has 0 bridgehead atoms.